The number of amides is 1. The second-order valence-corrected chi connectivity index (χ2v) is 4.05. The van der Waals surface area contributed by atoms with E-state index in [1.165, 1.54) is 0 Å². The molecule has 0 aliphatic rings. The molecular weight excluding hydrogens is 240 g/mol. The van der Waals surface area contributed by atoms with Gasteiger partial charge in [0.05, 0.1) is 5.71 Å². The van der Waals surface area contributed by atoms with Crippen molar-refractivity contribution >= 4 is 11.6 Å². The lowest BCUT2D eigenvalue weighted by molar-refractivity contribution is 0.0955. The molecule has 0 aliphatic heterocycles. The van der Waals surface area contributed by atoms with Crippen molar-refractivity contribution in [3.05, 3.63) is 65.7 Å². The van der Waals surface area contributed by atoms with Gasteiger partial charge in [-0.05, 0) is 31.2 Å². The van der Waals surface area contributed by atoms with Crippen LogP contribution in [0.4, 0.5) is 0 Å². The number of phenols is 1. The number of hydrazone groups is 1. The van der Waals surface area contributed by atoms with Gasteiger partial charge in [-0.1, -0.05) is 30.3 Å². The van der Waals surface area contributed by atoms with Gasteiger partial charge < -0.3 is 5.11 Å². The van der Waals surface area contributed by atoms with E-state index in [0.29, 0.717) is 11.3 Å². The lowest BCUT2D eigenvalue weighted by Crippen LogP contribution is -2.19. The number of hydrogen-bond acceptors (Lipinski definition) is 3. The first-order valence-electron chi connectivity index (χ1n) is 5.86. The van der Waals surface area contributed by atoms with Crippen LogP contribution in [0.1, 0.15) is 22.8 Å². The monoisotopic (exact) mass is 254 g/mol. The summed E-state index contributed by atoms with van der Waals surface area (Å²) in [5.74, 6) is -0.0958. The van der Waals surface area contributed by atoms with Gasteiger partial charge >= 0.3 is 0 Å². The van der Waals surface area contributed by atoms with E-state index < -0.39 is 0 Å². The quantitative estimate of drug-likeness (QED) is 0.653. The highest BCUT2D eigenvalue weighted by Crippen LogP contribution is 2.11. The number of benzene rings is 2. The fourth-order valence-electron chi connectivity index (χ4n) is 1.58. The molecule has 2 rings (SSSR count). The van der Waals surface area contributed by atoms with Crippen molar-refractivity contribution in [2.45, 2.75) is 6.92 Å². The summed E-state index contributed by atoms with van der Waals surface area (Å²) in [6.45, 7) is 1.76. The Labute approximate surface area is 111 Å². The molecule has 0 saturated carbocycles. The Morgan fingerprint density at radius 1 is 1.05 bits per heavy atom. The van der Waals surface area contributed by atoms with Gasteiger partial charge in [0.2, 0.25) is 0 Å². The predicted molar refractivity (Wildman–Crippen MR) is 74.2 cm³/mol. The Hall–Kier alpha value is -2.62. The van der Waals surface area contributed by atoms with Crippen molar-refractivity contribution in [1.29, 1.82) is 0 Å². The van der Waals surface area contributed by atoms with E-state index in [2.05, 4.69) is 10.5 Å². The molecule has 2 aromatic carbocycles. The smallest absolute Gasteiger partial charge is 0.271 e. The van der Waals surface area contributed by atoms with Gasteiger partial charge in [-0.25, -0.2) is 5.43 Å². The molecule has 4 heteroatoms. The molecule has 0 unspecified atom stereocenters. The van der Waals surface area contributed by atoms with Crippen LogP contribution >= 0.6 is 0 Å². The number of phenolic OH excluding ortho intramolecular Hbond substituents is 1. The Kier molecular flexibility index (Phi) is 3.93. The molecule has 0 atom stereocenters. The number of hydrogen-bond donors (Lipinski definition) is 2. The Bertz CT molecular complexity index is 607. The van der Waals surface area contributed by atoms with Gasteiger partial charge in [0, 0.05) is 11.1 Å². The summed E-state index contributed by atoms with van der Waals surface area (Å²) >= 11 is 0. The van der Waals surface area contributed by atoms with E-state index >= 15 is 0 Å². The van der Waals surface area contributed by atoms with E-state index in [9.17, 15) is 9.90 Å². The summed E-state index contributed by atoms with van der Waals surface area (Å²) in [5.41, 5.74) is 4.42. The van der Waals surface area contributed by atoms with Gasteiger partial charge in [0.1, 0.15) is 5.75 Å². The van der Waals surface area contributed by atoms with Gasteiger partial charge in [-0.15, -0.1) is 0 Å². The first-order chi connectivity index (χ1) is 9.16. The average Bonchev–Trinajstić information content (AvgIpc) is 2.45. The highest BCUT2D eigenvalue weighted by Gasteiger charge is 2.03. The first kappa shape index (κ1) is 12.8. The molecule has 4 nitrogen and oxygen atoms in total. The molecule has 19 heavy (non-hydrogen) atoms. The summed E-state index contributed by atoms with van der Waals surface area (Å²) in [6, 6.07) is 15.6. The number of rotatable bonds is 3. The summed E-state index contributed by atoms with van der Waals surface area (Å²) in [4.78, 5) is 11.8. The van der Waals surface area contributed by atoms with Crippen LogP contribution in [0.3, 0.4) is 0 Å². The Morgan fingerprint density at radius 3 is 2.42 bits per heavy atom. The standard InChI is InChI=1S/C15H14N2O2/c1-11(13-8-5-9-14(18)10-13)16-17-15(19)12-6-3-2-4-7-12/h2-10,18H,1H3,(H,17,19)/b16-11-. The van der Waals surface area contributed by atoms with Crippen LogP contribution in [-0.2, 0) is 0 Å². The third-order valence-electron chi connectivity index (χ3n) is 2.63. The maximum absolute atomic E-state index is 11.8. The zero-order valence-corrected chi connectivity index (χ0v) is 10.5. The van der Waals surface area contributed by atoms with Crippen LogP contribution in [0, 0.1) is 0 Å². The number of nitrogens with zero attached hydrogens (tertiary/aromatic N) is 1. The second kappa shape index (κ2) is 5.82. The molecule has 0 aromatic heterocycles. The van der Waals surface area contributed by atoms with Gasteiger partial charge in [-0.2, -0.15) is 5.10 Å². The molecule has 96 valence electrons. The van der Waals surface area contributed by atoms with E-state index in [0.717, 1.165) is 5.56 Å². The highest BCUT2D eigenvalue weighted by atomic mass is 16.3. The minimum absolute atomic E-state index is 0.168. The molecule has 0 spiro atoms. The minimum atomic E-state index is -0.264. The molecule has 0 heterocycles. The molecule has 0 bridgehead atoms. The van der Waals surface area contributed by atoms with E-state index in [-0.39, 0.29) is 11.7 Å². The van der Waals surface area contributed by atoms with Crippen LogP contribution in [0.5, 0.6) is 5.75 Å². The van der Waals surface area contributed by atoms with Crippen LogP contribution in [0.25, 0.3) is 0 Å². The number of nitrogens with one attached hydrogen (secondary N) is 1. The molecular formula is C15H14N2O2. The molecule has 2 N–H and O–H groups in total. The molecule has 0 fully saturated rings. The van der Waals surface area contributed by atoms with Crippen molar-refractivity contribution in [3.63, 3.8) is 0 Å². The van der Waals surface area contributed by atoms with E-state index in [1.54, 1.807) is 49.4 Å². The van der Waals surface area contributed by atoms with Crippen molar-refractivity contribution in [1.82, 2.24) is 5.43 Å². The van der Waals surface area contributed by atoms with E-state index in [4.69, 9.17) is 0 Å². The lowest BCUT2D eigenvalue weighted by atomic mass is 10.1. The predicted octanol–water partition coefficient (Wildman–Crippen LogP) is 2.55. The van der Waals surface area contributed by atoms with Crippen LogP contribution < -0.4 is 5.43 Å². The fourth-order valence-corrected chi connectivity index (χ4v) is 1.58. The lowest BCUT2D eigenvalue weighted by Gasteiger charge is -2.03. The summed E-state index contributed by atoms with van der Waals surface area (Å²) in [6.07, 6.45) is 0. The number of aromatic hydroxyl groups is 1. The molecule has 1 amide bonds. The Balaban J connectivity index is 2.09. The van der Waals surface area contributed by atoms with Gasteiger partial charge in [0.15, 0.2) is 0 Å². The number of carbonyl (C=O) groups excluding carboxylic acids is 1. The second-order valence-electron chi connectivity index (χ2n) is 4.05. The van der Waals surface area contributed by atoms with Crippen LogP contribution in [-0.4, -0.2) is 16.7 Å². The minimum Gasteiger partial charge on any atom is -0.508 e. The largest absolute Gasteiger partial charge is 0.508 e. The first-order valence-corrected chi connectivity index (χ1v) is 5.86. The van der Waals surface area contributed by atoms with Crippen molar-refractivity contribution in [2.75, 3.05) is 0 Å². The van der Waals surface area contributed by atoms with Crippen molar-refractivity contribution in [3.8, 4) is 5.75 Å². The van der Waals surface area contributed by atoms with E-state index in [1.807, 2.05) is 12.1 Å². The molecule has 0 radical (unpaired) electrons. The Morgan fingerprint density at radius 2 is 1.74 bits per heavy atom. The van der Waals surface area contributed by atoms with Gasteiger partial charge in [-0.3, -0.25) is 4.79 Å². The fraction of sp³-hybridized carbons (Fsp3) is 0.0667. The van der Waals surface area contributed by atoms with Crippen molar-refractivity contribution < 1.29 is 9.90 Å². The maximum atomic E-state index is 11.8. The summed E-state index contributed by atoms with van der Waals surface area (Å²) in [7, 11) is 0. The summed E-state index contributed by atoms with van der Waals surface area (Å²) < 4.78 is 0. The molecule has 2 aromatic rings. The van der Waals surface area contributed by atoms with Gasteiger partial charge in [0.25, 0.3) is 5.91 Å². The zero-order chi connectivity index (χ0) is 13.7. The van der Waals surface area contributed by atoms with Crippen LogP contribution in [0.15, 0.2) is 59.7 Å². The maximum Gasteiger partial charge on any atom is 0.271 e. The third-order valence-corrected chi connectivity index (χ3v) is 2.63. The summed E-state index contributed by atoms with van der Waals surface area (Å²) in [5, 5.41) is 13.4. The van der Waals surface area contributed by atoms with Crippen molar-refractivity contribution in [2.24, 2.45) is 5.10 Å². The third kappa shape index (κ3) is 3.42. The topological polar surface area (TPSA) is 61.7 Å². The van der Waals surface area contributed by atoms with Crippen LogP contribution in [0.2, 0.25) is 0 Å². The zero-order valence-electron chi connectivity index (χ0n) is 10.5. The SMILES string of the molecule is C/C(=N/NC(=O)c1ccccc1)c1cccc(O)c1. The normalized spacial score (nSPS) is 11.1. The number of carbonyl (C=O) groups is 1. The molecule has 0 aliphatic carbocycles. The average molecular weight is 254 g/mol. The molecule has 0 saturated heterocycles. The highest BCUT2D eigenvalue weighted by molar-refractivity contribution is 6.01.